The molecule has 128 valence electrons. The maximum Gasteiger partial charge on any atom is 0.153 e. The number of hydrogen-bond acceptors (Lipinski definition) is 6. The third-order valence-electron chi connectivity index (χ3n) is 4.90. The van der Waals surface area contributed by atoms with E-state index in [0.29, 0.717) is 13.1 Å². The van der Waals surface area contributed by atoms with Crippen LogP contribution in [0.1, 0.15) is 11.5 Å². The number of piperazine rings is 1. The van der Waals surface area contributed by atoms with Gasteiger partial charge in [-0.3, -0.25) is 14.8 Å². The Balaban J connectivity index is 1.53. The molecule has 1 N–H and O–H groups in total. The van der Waals surface area contributed by atoms with Gasteiger partial charge in [-0.2, -0.15) is 0 Å². The summed E-state index contributed by atoms with van der Waals surface area (Å²) < 4.78 is 24.5. The topological polar surface area (TPSA) is 82.2 Å². The van der Waals surface area contributed by atoms with E-state index in [9.17, 15) is 8.42 Å². The molecular weight excluding hydrogens is 326 g/mol. The summed E-state index contributed by atoms with van der Waals surface area (Å²) in [5.74, 6) is 1.35. The predicted molar refractivity (Wildman–Crippen MR) is 89.9 cm³/mol. The first-order valence-corrected chi connectivity index (χ1v) is 9.99. The number of aromatic nitrogens is 3. The molecule has 0 saturated carbocycles. The van der Waals surface area contributed by atoms with Gasteiger partial charge in [-0.25, -0.2) is 13.4 Å². The number of sulfone groups is 1. The standard InChI is InChI=1S/C16H21N5O2S/c22-24(23)11-14-15(12-24)21(10-16-18-5-6-19-16)8-7-20(14)9-13-3-1-2-4-17-13/h1-6,14-15H,7-12H2,(H,18,19). The van der Waals surface area contributed by atoms with Crippen LogP contribution in [0.2, 0.25) is 0 Å². The van der Waals surface area contributed by atoms with Crippen molar-refractivity contribution in [2.75, 3.05) is 24.6 Å². The van der Waals surface area contributed by atoms with Gasteiger partial charge in [0.25, 0.3) is 0 Å². The molecule has 0 aromatic carbocycles. The van der Waals surface area contributed by atoms with Crippen LogP contribution in [0.25, 0.3) is 0 Å². The lowest BCUT2D eigenvalue weighted by Crippen LogP contribution is -2.58. The molecule has 2 aromatic heterocycles. The minimum atomic E-state index is -3.00. The summed E-state index contributed by atoms with van der Waals surface area (Å²) in [7, 11) is -3.00. The Morgan fingerprint density at radius 2 is 1.79 bits per heavy atom. The normalized spacial score (nSPS) is 27.2. The Kier molecular flexibility index (Phi) is 4.11. The molecule has 24 heavy (non-hydrogen) atoms. The van der Waals surface area contributed by atoms with Gasteiger partial charge in [0.15, 0.2) is 9.84 Å². The fourth-order valence-corrected chi connectivity index (χ4v) is 5.81. The van der Waals surface area contributed by atoms with Crippen molar-refractivity contribution in [3.63, 3.8) is 0 Å². The molecule has 2 unspecified atom stereocenters. The van der Waals surface area contributed by atoms with Gasteiger partial charge in [0.2, 0.25) is 0 Å². The van der Waals surface area contributed by atoms with Crippen LogP contribution in [0, 0.1) is 0 Å². The number of rotatable bonds is 4. The van der Waals surface area contributed by atoms with Crippen LogP contribution in [-0.4, -0.2) is 69.8 Å². The van der Waals surface area contributed by atoms with Crippen LogP contribution in [0.4, 0.5) is 0 Å². The van der Waals surface area contributed by atoms with Crippen molar-refractivity contribution in [3.05, 3.63) is 48.3 Å². The average molecular weight is 347 g/mol. The minimum Gasteiger partial charge on any atom is -0.348 e. The van der Waals surface area contributed by atoms with Gasteiger partial charge in [-0.1, -0.05) is 6.07 Å². The number of H-pyrrole nitrogens is 1. The molecule has 2 atom stereocenters. The zero-order valence-corrected chi connectivity index (χ0v) is 14.2. The first kappa shape index (κ1) is 15.7. The summed E-state index contributed by atoms with van der Waals surface area (Å²) in [5.41, 5.74) is 0.986. The molecule has 4 heterocycles. The first-order valence-electron chi connectivity index (χ1n) is 8.17. The fourth-order valence-electron chi connectivity index (χ4n) is 3.77. The first-order chi connectivity index (χ1) is 11.6. The van der Waals surface area contributed by atoms with Crippen molar-refractivity contribution in [1.82, 2.24) is 24.8 Å². The van der Waals surface area contributed by atoms with Gasteiger partial charge in [0, 0.05) is 50.3 Å². The highest BCUT2D eigenvalue weighted by molar-refractivity contribution is 7.91. The van der Waals surface area contributed by atoms with Crippen LogP contribution < -0.4 is 0 Å². The van der Waals surface area contributed by atoms with E-state index in [0.717, 1.165) is 24.6 Å². The second kappa shape index (κ2) is 6.27. The minimum absolute atomic E-state index is 0.0255. The van der Waals surface area contributed by atoms with Crippen LogP contribution >= 0.6 is 0 Å². The van der Waals surface area contributed by atoms with Gasteiger partial charge in [0.1, 0.15) is 5.82 Å². The third-order valence-corrected chi connectivity index (χ3v) is 6.60. The molecule has 2 fully saturated rings. The zero-order chi connectivity index (χ0) is 16.6. The highest BCUT2D eigenvalue weighted by Crippen LogP contribution is 2.28. The van der Waals surface area contributed by atoms with Crippen LogP contribution in [-0.2, 0) is 22.9 Å². The molecule has 0 bridgehead atoms. The van der Waals surface area contributed by atoms with E-state index in [1.807, 2.05) is 18.2 Å². The molecule has 0 aliphatic carbocycles. The largest absolute Gasteiger partial charge is 0.348 e. The predicted octanol–water partition coefficient (Wildman–Crippen LogP) is 0.288. The molecule has 2 aliphatic heterocycles. The van der Waals surface area contributed by atoms with Crippen molar-refractivity contribution < 1.29 is 8.42 Å². The van der Waals surface area contributed by atoms with Crippen molar-refractivity contribution in [2.24, 2.45) is 0 Å². The quantitative estimate of drug-likeness (QED) is 0.856. The van der Waals surface area contributed by atoms with Crippen LogP contribution in [0.3, 0.4) is 0 Å². The Morgan fingerprint density at radius 1 is 1.04 bits per heavy atom. The van der Waals surface area contributed by atoms with Gasteiger partial charge in [-0.05, 0) is 12.1 Å². The van der Waals surface area contributed by atoms with E-state index in [2.05, 4.69) is 24.8 Å². The zero-order valence-electron chi connectivity index (χ0n) is 13.4. The van der Waals surface area contributed by atoms with E-state index >= 15 is 0 Å². The number of nitrogens with zero attached hydrogens (tertiary/aromatic N) is 4. The molecule has 4 rings (SSSR count). The van der Waals surface area contributed by atoms with Crippen LogP contribution in [0.15, 0.2) is 36.8 Å². The summed E-state index contributed by atoms with van der Waals surface area (Å²) in [6.45, 7) is 3.05. The SMILES string of the molecule is O=S1(=O)CC2C(C1)N(Cc1ncc[nH]1)CCN2Cc1ccccn1. The highest BCUT2D eigenvalue weighted by atomic mass is 32.2. The van der Waals surface area contributed by atoms with Gasteiger partial charge < -0.3 is 4.98 Å². The molecular formula is C16H21N5O2S. The smallest absolute Gasteiger partial charge is 0.153 e. The summed E-state index contributed by atoms with van der Waals surface area (Å²) in [6.07, 6.45) is 5.32. The average Bonchev–Trinajstić information content (AvgIpc) is 3.17. The number of aromatic amines is 1. The van der Waals surface area contributed by atoms with Crippen molar-refractivity contribution in [3.8, 4) is 0 Å². The van der Waals surface area contributed by atoms with Crippen molar-refractivity contribution in [2.45, 2.75) is 25.2 Å². The van der Waals surface area contributed by atoms with Crippen molar-refractivity contribution >= 4 is 9.84 Å². The second-order valence-electron chi connectivity index (χ2n) is 6.51. The van der Waals surface area contributed by atoms with E-state index in [4.69, 9.17) is 0 Å². The Bertz CT molecular complexity index is 778. The van der Waals surface area contributed by atoms with E-state index in [1.54, 1.807) is 18.6 Å². The number of imidazole rings is 1. The molecule has 0 spiro atoms. The lowest BCUT2D eigenvalue weighted by atomic mass is 10.0. The molecule has 8 heteroatoms. The molecule has 2 aliphatic rings. The molecule has 2 aromatic rings. The van der Waals surface area contributed by atoms with E-state index in [1.165, 1.54) is 0 Å². The van der Waals surface area contributed by atoms with Gasteiger partial charge in [0.05, 0.1) is 23.7 Å². The number of nitrogens with one attached hydrogen (secondary N) is 1. The van der Waals surface area contributed by atoms with Crippen LogP contribution in [0.5, 0.6) is 0 Å². The van der Waals surface area contributed by atoms with Crippen molar-refractivity contribution in [1.29, 1.82) is 0 Å². The second-order valence-corrected chi connectivity index (χ2v) is 8.66. The molecule has 2 saturated heterocycles. The Morgan fingerprint density at radius 3 is 2.42 bits per heavy atom. The fraction of sp³-hybridized carbons (Fsp3) is 0.500. The Hall–Kier alpha value is -1.77. The summed E-state index contributed by atoms with van der Waals surface area (Å²) in [5, 5.41) is 0. The maximum absolute atomic E-state index is 12.3. The number of fused-ring (bicyclic) bond motifs is 1. The van der Waals surface area contributed by atoms with Gasteiger partial charge in [-0.15, -0.1) is 0 Å². The third kappa shape index (κ3) is 3.22. The summed E-state index contributed by atoms with van der Waals surface area (Å²) in [4.78, 5) is 16.3. The lowest BCUT2D eigenvalue weighted by molar-refractivity contribution is 0.0334. The lowest BCUT2D eigenvalue weighted by Gasteiger charge is -2.43. The van der Waals surface area contributed by atoms with E-state index < -0.39 is 9.84 Å². The molecule has 0 radical (unpaired) electrons. The maximum atomic E-state index is 12.3. The summed E-state index contributed by atoms with van der Waals surface area (Å²) in [6, 6.07) is 5.91. The van der Waals surface area contributed by atoms with Gasteiger partial charge >= 0.3 is 0 Å². The number of hydrogen-bond donors (Lipinski definition) is 1. The molecule has 0 amide bonds. The number of pyridine rings is 1. The monoisotopic (exact) mass is 347 g/mol. The molecule has 7 nitrogen and oxygen atoms in total. The Labute approximate surface area is 141 Å². The summed E-state index contributed by atoms with van der Waals surface area (Å²) >= 11 is 0. The highest BCUT2D eigenvalue weighted by Gasteiger charge is 2.46. The van der Waals surface area contributed by atoms with E-state index in [-0.39, 0.29) is 23.6 Å².